The zero-order valence-corrected chi connectivity index (χ0v) is 19.7. The van der Waals surface area contributed by atoms with E-state index in [0.29, 0.717) is 18.4 Å². The van der Waals surface area contributed by atoms with E-state index < -0.39 is 22.0 Å². The highest BCUT2D eigenvalue weighted by molar-refractivity contribution is 7.89. The number of carbonyl (C=O) groups is 1. The summed E-state index contributed by atoms with van der Waals surface area (Å²) in [5.74, 6) is -0.835. The van der Waals surface area contributed by atoms with Gasteiger partial charge in [-0.15, -0.1) is 0 Å². The van der Waals surface area contributed by atoms with E-state index >= 15 is 0 Å². The van der Waals surface area contributed by atoms with Crippen LogP contribution in [-0.2, 0) is 27.7 Å². The number of benzene rings is 2. The fourth-order valence-corrected chi connectivity index (χ4v) is 5.39. The average molecular weight is 470 g/mol. The van der Waals surface area contributed by atoms with Gasteiger partial charge in [0.15, 0.2) is 0 Å². The second kappa shape index (κ2) is 9.11. The lowest BCUT2D eigenvalue weighted by Gasteiger charge is -2.22. The molecule has 33 heavy (non-hydrogen) atoms. The van der Waals surface area contributed by atoms with Crippen LogP contribution in [0.3, 0.4) is 0 Å². The number of fused-ring (bicyclic) bond motifs is 3. The lowest BCUT2D eigenvalue weighted by Crippen LogP contribution is -2.46. The standard InChI is InChI=1S/C25H27NO6S/c1-4-16(3)23(26-33(29,30)18-11-8-15(2)9-12-18)25(28)31-17-10-13-20-19-6-5-7-21(19)24(27)32-22(20)14-17/h8-14,16,23,26H,4-7H2,1-3H3/t16-,23-/m1/s1. The van der Waals surface area contributed by atoms with Gasteiger partial charge in [0.2, 0.25) is 10.0 Å². The fourth-order valence-electron chi connectivity index (χ4n) is 4.09. The number of carbonyl (C=O) groups excluding carboxylic acids is 1. The second-order valence-electron chi connectivity index (χ2n) is 8.58. The van der Waals surface area contributed by atoms with Crippen LogP contribution in [0.4, 0.5) is 0 Å². The zero-order chi connectivity index (χ0) is 23.8. The smallest absolute Gasteiger partial charge is 0.339 e. The Balaban J connectivity index is 1.60. The van der Waals surface area contributed by atoms with Crippen molar-refractivity contribution in [3.05, 3.63) is 69.6 Å². The molecule has 8 heteroatoms. The maximum Gasteiger partial charge on any atom is 0.339 e. The van der Waals surface area contributed by atoms with Crippen molar-refractivity contribution in [1.82, 2.24) is 4.72 Å². The Hall–Kier alpha value is -2.97. The lowest BCUT2D eigenvalue weighted by atomic mass is 10.0. The van der Waals surface area contributed by atoms with E-state index in [1.807, 2.05) is 13.8 Å². The van der Waals surface area contributed by atoms with Crippen molar-refractivity contribution in [3.63, 3.8) is 0 Å². The first-order valence-corrected chi connectivity index (χ1v) is 12.6. The van der Waals surface area contributed by atoms with Crippen molar-refractivity contribution in [1.29, 1.82) is 0 Å². The third-order valence-electron chi connectivity index (χ3n) is 6.24. The highest BCUT2D eigenvalue weighted by Crippen LogP contribution is 2.30. The minimum absolute atomic E-state index is 0.0792. The van der Waals surface area contributed by atoms with Crippen LogP contribution in [0.2, 0.25) is 0 Å². The highest BCUT2D eigenvalue weighted by atomic mass is 32.2. The lowest BCUT2D eigenvalue weighted by molar-refractivity contribution is -0.137. The number of hydrogen-bond donors (Lipinski definition) is 1. The molecule has 0 radical (unpaired) electrons. The molecule has 1 aromatic heterocycles. The molecule has 0 fully saturated rings. The number of aryl methyl sites for hydroxylation is 2. The quantitative estimate of drug-likeness (QED) is 0.320. The van der Waals surface area contributed by atoms with Gasteiger partial charge in [-0.2, -0.15) is 4.72 Å². The molecule has 7 nitrogen and oxygen atoms in total. The molecule has 0 spiro atoms. The van der Waals surface area contributed by atoms with Gasteiger partial charge in [0.1, 0.15) is 17.4 Å². The molecule has 0 saturated heterocycles. The fraction of sp³-hybridized carbons (Fsp3) is 0.360. The molecule has 1 heterocycles. The topological polar surface area (TPSA) is 103 Å². The highest BCUT2D eigenvalue weighted by Gasteiger charge is 2.31. The van der Waals surface area contributed by atoms with E-state index in [1.165, 1.54) is 18.2 Å². The molecule has 174 valence electrons. The Bertz CT molecular complexity index is 1360. The van der Waals surface area contributed by atoms with E-state index in [2.05, 4.69) is 4.72 Å². The summed E-state index contributed by atoms with van der Waals surface area (Å²) in [6, 6.07) is 10.2. The Morgan fingerprint density at radius 2 is 1.82 bits per heavy atom. The molecule has 0 aliphatic heterocycles. The van der Waals surface area contributed by atoms with E-state index in [4.69, 9.17) is 9.15 Å². The Kier molecular flexibility index (Phi) is 6.41. The number of rotatable bonds is 7. The summed E-state index contributed by atoms with van der Waals surface area (Å²) in [5.41, 5.74) is 2.63. The van der Waals surface area contributed by atoms with Gasteiger partial charge in [-0.25, -0.2) is 18.0 Å². The first kappa shape index (κ1) is 23.2. The van der Waals surface area contributed by atoms with Crippen LogP contribution in [-0.4, -0.2) is 20.4 Å². The van der Waals surface area contributed by atoms with Gasteiger partial charge in [-0.3, -0.25) is 0 Å². The number of sulfonamides is 1. The Morgan fingerprint density at radius 3 is 2.52 bits per heavy atom. The summed E-state index contributed by atoms with van der Waals surface area (Å²) in [6.45, 7) is 5.52. The number of esters is 1. The molecular weight excluding hydrogens is 442 g/mol. The van der Waals surface area contributed by atoms with Crippen molar-refractivity contribution in [2.24, 2.45) is 5.92 Å². The minimum atomic E-state index is -3.93. The van der Waals surface area contributed by atoms with Gasteiger partial charge >= 0.3 is 11.6 Å². The molecule has 3 aromatic rings. The van der Waals surface area contributed by atoms with Crippen LogP contribution < -0.4 is 15.1 Å². The van der Waals surface area contributed by atoms with Crippen LogP contribution in [0.25, 0.3) is 11.0 Å². The Labute approximate surface area is 192 Å². The van der Waals surface area contributed by atoms with Gasteiger partial charge < -0.3 is 9.15 Å². The number of ether oxygens (including phenoxy) is 1. The molecule has 4 rings (SSSR count). The molecule has 2 aromatic carbocycles. The van der Waals surface area contributed by atoms with E-state index in [0.717, 1.165) is 34.9 Å². The normalized spacial score (nSPS) is 15.2. The Morgan fingerprint density at radius 1 is 1.12 bits per heavy atom. The maximum absolute atomic E-state index is 13.0. The monoisotopic (exact) mass is 469 g/mol. The molecule has 0 bridgehead atoms. The van der Waals surface area contributed by atoms with Gasteiger partial charge in [-0.05, 0) is 61.9 Å². The summed E-state index contributed by atoms with van der Waals surface area (Å²) in [4.78, 5) is 25.4. The number of nitrogens with one attached hydrogen (secondary N) is 1. The van der Waals surface area contributed by atoms with Crippen LogP contribution in [0, 0.1) is 12.8 Å². The van der Waals surface area contributed by atoms with E-state index in [1.54, 1.807) is 31.2 Å². The minimum Gasteiger partial charge on any atom is -0.425 e. The molecule has 1 N–H and O–H groups in total. The molecule has 2 atom stereocenters. The first-order valence-electron chi connectivity index (χ1n) is 11.1. The first-order chi connectivity index (χ1) is 15.7. The van der Waals surface area contributed by atoms with Crippen LogP contribution in [0.15, 0.2) is 56.6 Å². The van der Waals surface area contributed by atoms with Gasteiger partial charge in [0.25, 0.3) is 0 Å². The summed E-state index contributed by atoms with van der Waals surface area (Å²) in [5, 5.41) is 0.834. The van der Waals surface area contributed by atoms with Gasteiger partial charge in [-0.1, -0.05) is 38.0 Å². The molecular formula is C25H27NO6S. The van der Waals surface area contributed by atoms with Crippen molar-refractivity contribution in [2.45, 2.75) is 57.4 Å². The van der Waals surface area contributed by atoms with Crippen molar-refractivity contribution in [3.8, 4) is 5.75 Å². The molecule has 0 saturated carbocycles. The number of hydrogen-bond acceptors (Lipinski definition) is 6. The third kappa shape index (κ3) is 4.72. The summed E-state index contributed by atoms with van der Waals surface area (Å²) >= 11 is 0. The summed E-state index contributed by atoms with van der Waals surface area (Å²) in [6.07, 6.45) is 3.00. The third-order valence-corrected chi connectivity index (χ3v) is 7.70. The molecule has 1 aliphatic carbocycles. The van der Waals surface area contributed by atoms with Crippen LogP contribution in [0.1, 0.15) is 43.4 Å². The summed E-state index contributed by atoms with van der Waals surface area (Å²) < 4.78 is 39.3. The van der Waals surface area contributed by atoms with Crippen LogP contribution in [0.5, 0.6) is 5.75 Å². The molecule has 0 amide bonds. The second-order valence-corrected chi connectivity index (χ2v) is 10.3. The van der Waals surface area contributed by atoms with Gasteiger partial charge in [0.05, 0.1) is 4.90 Å². The SMILES string of the molecule is CC[C@@H](C)[C@@H](NS(=O)(=O)c1ccc(C)cc1)C(=O)Oc1ccc2c3c(c(=O)oc2c1)CCC3. The summed E-state index contributed by atoms with van der Waals surface area (Å²) in [7, 11) is -3.93. The van der Waals surface area contributed by atoms with Crippen molar-refractivity contribution < 1.29 is 22.4 Å². The van der Waals surface area contributed by atoms with E-state index in [-0.39, 0.29) is 22.2 Å². The maximum atomic E-state index is 13.0. The van der Waals surface area contributed by atoms with Crippen molar-refractivity contribution in [2.75, 3.05) is 0 Å². The zero-order valence-electron chi connectivity index (χ0n) is 18.9. The molecule has 0 unspecified atom stereocenters. The predicted octanol–water partition coefficient (Wildman–Crippen LogP) is 3.89. The van der Waals surface area contributed by atoms with Crippen LogP contribution >= 0.6 is 0 Å². The predicted molar refractivity (Wildman–Crippen MR) is 125 cm³/mol. The largest absolute Gasteiger partial charge is 0.425 e. The van der Waals surface area contributed by atoms with E-state index in [9.17, 15) is 18.0 Å². The van der Waals surface area contributed by atoms with Gasteiger partial charge in [0, 0.05) is 17.0 Å². The van der Waals surface area contributed by atoms with Crippen molar-refractivity contribution >= 4 is 27.0 Å². The average Bonchev–Trinajstić information content (AvgIpc) is 3.28. The molecule has 1 aliphatic rings.